The summed E-state index contributed by atoms with van der Waals surface area (Å²) in [6.45, 7) is 11.0. The number of allylic oxidation sites excluding steroid dienone is 3. The van der Waals surface area contributed by atoms with Crippen LogP contribution in [-0.4, -0.2) is 32.7 Å². The summed E-state index contributed by atoms with van der Waals surface area (Å²) in [4.78, 5) is 10.6. The number of ether oxygens (including phenoxy) is 1. The number of carbonyl (C=O) groups is 1. The van der Waals surface area contributed by atoms with Crippen molar-refractivity contribution >= 4 is 14.6 Å². The van der Waals surface area contributed by atoms with Crippen LogP contribution in [0.4, 0.5) is 0 Å². The molecule has 1 N–H and O–H groups in total. The first kappa shape index (κ1) is 18.7. The van der Waals surface area contributed by atoms with Crippen LogP contribution in [0.1, 0.15) is 20.8 Å². The lowest BCUT2D eigenvalue weighted by molar-refractivity contribution is -0.111. The molecule has 0 aromatic heterocycles. The van der Waals surface area contributed by atoms with E-state index in [4.69, 9.17) is 4.52 Å². The Morgan fingerprint density at radius 2 is 1.88 bits per heavy atom. The normalized spacial score (nSPS) is 13.2. The van der Waals surface area contributed by atoms with Crippen LogP contribution in [0.25, 0.3) is 0 Å². The predicted molar refractivity (Wildman–Crippen MR) is 74.1 cm³/mol. The van der Waals surface area contributed by atoms with Gasteiger partial charge in [-0.3, -0.25) is 5.09 Å². The summed E-state index contributed by atoms with van der Waals surface area (Å²) in [5, 5.41) is 3.09. The number of hydrogen-bond donors (Lipinski definition) is 1. The molecule has 100 valence electrons. The van der Waals surface area contributed by atoms with Crippen LogP contribution in [0.2, 0.25) is 0 Å². The van der Waals surface area contributed by atoms with Gasteiger partial charge in [-0.1, -0.05) is 12.7 Å². The fourth-order valence-corrected chi connectivity index (χ4v) is 2.27. The third-order valence-corrected chi connectivity index (χ3v) is 2.83. The highest BCUT2D eigenvalue weighted by Crippen LogP contribution is 2.32. The first-order valence-corrected chi connectivity index (χ1v) is 6.89. The molecule has 0 aromatic rings. The van der Waals surface area contributed by atoms with Crippen molar-refractivity contribution in [3.05, 3.63) is 24.5 Å². The van der Waals surface area contributed by atoms with E-state index in [-0.39, 0.29) is 0 Å². The minimum absolute atomic E-state index is 0.533. The van der Waals surface area contributed by atoms with E-state index < -0.39 is 13.8 Å². The molecule has 0 aromatic carbocycles. The summed E-state index contributed by atoms with van der Waals surface area (Å²) in [5.74, 6) is 0.794. The van der Waals surface area contributed by atoms with Crippen LogP contribution in [-0.2, 0) is 14.1 Å². The SMILES string of the molecule is C=C/C=C(\C)OP(C)NC(C)(C)C=O.COC. The van der Waals surface area contributed by atoms with E-state index >= 15 is 0 Å². The first-order chi connectivity index (χ1) is 7.82. The Hall–Kier alpha value is -0.700. The van der Waals surface area contributed by atoms with Gasteiger partial charge in [0.1, 0.15) is 6.29 Å². The Morgan fingerprint density at radius 3 is 2.24 bits per heavy atom. The van der Waals surface area contributed by atoms with Crippen LogP contribution in [0.15, 0.2) is 24.5 Å². The lowest BCUT2D eigenvalue weighted by atomic mass is 10.1. The third-order valence-electron chi connectivity index (χ3n) is 1.37. The zero-order valence-corrected chi connectivity index (χ0v) is 12.5. The second kappa shape index (κ2) is 10.5. The van der Waals surface area contributed by atoms with E-state index in [1.54, 1.807) is 26.4 Å². The molecular weight excluding hydrogens is 237 g/mol. The van der Waals surface area contributed by atoms with Crippen LogP contribution in [0.5, 0.6) is 0 Å². The minimum Gasteiger partial charge on any atom is -0.463 e. The monoisotopic (exact) mass is 261 g/mol. The summed E-state index contributed by atoms with van der Waals surface area (Å²) < 4.78 is 9.76. The highest BCUT2D eigenvalue weighted by molar-refractivity contribution is 7.49. The number of methoxy groups -OCH3 is 1. The average molecular weight is 261 g/mol. The van der Waals surface area contributed by atoms with E-state index in [0.29, 0.717) is 0 Å². The van der Waals surface area contributed by atoms with Gasteiger partial charge in [-0.2, -0.15) is 0 Å². The highest BCUT2D eigenvalue weighted by atomic mass is 31.2. The van der Waals surface area contributed by atoms with Crippen molar-refractivity contribution in [2.24, 2.45) is 0 Å². The molecule has 0 aliphatic heterocycles. The predicted octanol–water partition coefficient (Wildman–Crippen LogP) is 2.86. The van der Waals surface area contributed by atoms with Gasteiger partial charge in [0, 0.05) is 20.9 Å². The van der Waals surface area contributed by atoms with Crippen molar-refractivity contribution in [3.8, 4) is 0 Å². The topological polar surface area (TPSA) is 47.6 Å². The quantitative estimate of drug-likeness (QED) is 0.346. The van der Waals surface area contributed by atoms with Gasteiger partial charge in [-0.05, 0) is 26.8 Å². The van der Waals surface area contributed by atoms with E-state index in [1.165, 1.54) is 0 Å². The number of aldehydes is 1. The van der Waals surface area contributed by atoms with E-state index in [9.17, 15) is 4.79 Å². The molecule has 0 aliphatic rings. The molecule has 0 aliphatic carbocycles. The zero-order valence-electron chi connectivity index (χ0n) is 11.6. The van der Waals surface area contributed by atoms with E-state index in [0.717, 1.165) is 12.0 Å². The summed E-state index contributed by atoms with van der Waals surface area (Å²) in [7, 11) is 2.43. The molecule has 0 saturated carbocycles. The Labute approximate surface area is 106 Å². The molecule has 17 heavy (non-hydrogen) atoms. The van der Waals surface area contributed by atoms with Gasteiger partial charge in [0.05, 0.1) is 11.3 Å². The summed E-state index contributed by atoms with van der Waals surface area (Å²) in [6, 6.07) is 0. The maximum absolute atomic E-state index is 10.6. The molecule has 0 radical (unpaired) electrons. The van der Waals surface area contributed by atoms with Gasteiger partial charge in [0.2, 0.25) is 0 Å². The van der Waals surface area contributed by atoms with Crippen molar-refractivity contribution < 1.29 is 14.1 Å². The van der Waals surface area contributed by atoms with Crippen LogP contribution in [0, 0.1) is 0 Å². The van der Waals surface area contributed by atoms with Gasteiger partial charge in [0.25, 0.3) is 0 Å². The second-order valence-corrected chi connectivity index (χ2v) is 5.36. The lowest BCUT2D eigenvalue weighted by Gasteiger charge is -2.24. The highest BCUT2D eigenvalue weighted by Gasteiger charge is 2.19. The molecule has 0 bridgehead atoms. The fourth-order valence-electron chi connectivity index (χ4n) is 0.867. The molecule has 1 atom stereocenters. The summed E-state index contributed by atoms with van der Waals surface area (Å²) >= 11 is 0. The van der Waals surface area contributed by atoms with Crippen molar-refractivity contribution in [3.63, 3.8) is 0 Å². The molecule has 0 heterocycles. The molecule has 0 spiro atoms. The number of hydrogen-bond acceptors (Lipinski definition) is 4. The van der Waals surface area contributed by atoms with E-state index in [2.05, 4.69) is 16.4 Å². The second-order valence-electron chi connectivity index (χ2n) is 3.96. The van der Waals surface area contributed by atoms with Crippen LogP contribution < -0.4 is 5.09 Å². The molecule has 4 nitrogen and oxygen atoms in total. The van der Waals surface area contributed by atoms with Crippen LogP contribution >= 0.6 is 8.30 Å². The standard InChI is InChI=1S/C10H18NO2P.C2H6O/c1-6-7-9(2)13-14(5)11-10(3,4)8-12;1-3-2/h6-8,11H,1H2,2-5H3;1-2H3/b9-7+;. The molecule has 5 heteroatoms. The Balaban J connectivity index is 0. The largest absolute Gasteiger partial charge is 0.463 e. The van der Waals surface area contributed by atoms with Gasteiger partial charge in [0.15, 0.2) is 8.30 Å². The summed E-state index contributed by atoms with van der Waals surface area (Å²) in [5.41, 5.74) is -0.533. The average Bonchev–Trinajstić information content (AvgIpc) is 2.18. The molecular formula is C12H24NO3P. The molecule has 0 saturated heterocycles. The maximum atomic E-state index is 10.6. The molecule has 0 fully saturated rings. The van der Waals surface area contributed by atoms with Crippen molar-refractivity contribution in [1.29, 1.82) is 0 Å². The summed E-state index contributed by atoms with van der Waals surface area (Å²) in [6.07, 6.45) is 4.33. The van der Waals surface area contributed by atoms with Gasteiger partial charge in [-0.25, -0.2) is 0 Å². The number of nitrogens with one attached hydrogen (secondary N) is 1. The van der Waals surface area contributed by atoms with Crippen molar-refractivity contribution in [2.45, 2.75) is 26.3 Å². The molecule has 1 unspecified atom stereocenters. The minimum atomic E-state index is -0.823. The van der Waals surface area contributed by atoms with Gasteiger partial charge < -0.3 is 14.1 Å². The smallest absolute Gasteiger partial charge is 0.158 e. The Bertz CT molecular complexity index is 252. The Kier molecular flexibility index (Phi) is 11.5. The Morgan fingerprint density at radius 1 is 1.41 bits per heavy atom. The maximum Gasteiger partial charge on any atom is 0.158 e. The lowest BCUT2D eigenvalue weighted by Crippen LogP contribution is -2.37. The third kappa shape index (κ3) is 13.2. The zero-order chi connectivity index (χ0) is 13.9. The van der Waals surface area contributed by atoms with Gasteiger partial charge in [-0.15, -0.1) is 0 Å². The van der Waals surface area contributed by atoms with Crippen molar-refractivity contribution in [1.82, 2.24) is 5.09 Å². The van der Waals surface area contributed by atoms with Gasteiger partial charge >= 0.3 is 0 Å². The molecule has 0 amide bonds. The van der Waals surface area contributed by atoms with Crippen molar-refractivity contribution in [2.75, 3.05) is 20.9 Å². The first-order valence-electron chi connectivity index (χ1n) is 5.18. The van der Waals surface area contributed by atoms with E-state index in [1.807, 2.05) is 27.4 Å². The molecule has 0 rings (SSSR count). The van der Waals surface area contributed by atoms with Crippen LogP contribution in [0.3, 0.4) is 0 Å². The fraction of sp³-hybridized carbons (Fsp3) is 0.583. The number of carbonyl (C=O) groups excluding carboxylic acids is 1. The number of rotatable bonds is 6.